The van der Waals surface area contributed by atoms with E-state index in [1.54, 1.807) is 38.1 Å². The maximum Gasteiger partial charge on any atom is 0.338 e. The fourth-order valence-corrected chi connectivity index (χ4v) is 2.11. The van der Waals surface area contributed by atoms with Crippen LogP contribution in [0.2, 0.25) is 0 Å². The van der Waals surface area contributed by atoms with Crippen LogP contribution in [0.3, 0.4) is 0 Å². The Hall–Kier alpha value is -3.68. The number of benzene rings is 2. The number of carbonyl (C=O) groups excluding carboxylic acids is 2. The van der Waals surface area contributed by atoms with E-state index in [-0.39, 0.29) is 35.5 Å². The molecule has 0 aliphatic rings. The summed E-state index contributed by atoms with van der Waals surface area (Å²) in [6.45, 7) is 3.79. The summed E-state index contributed by atoms with van der Waals surface area (Å²) >= 11 is 0. The molecule has 0 unspecified atom stereocenters. The van der Waals surface area contributed by atoms with E-state index >= 15 is 0 Å². The minimum atomic E-state index is -1.13. The van der Waals surface area contributed by atoms with E-state index in [0.717, 1.165) is 0 Å². The van der Waals surface area contributed by atoms with Crippen LogP contribution in [0.15, 0.2) is 48.5 Å². The molecule has 148 valence electrons. The van der Waals surface area contributed by atoms with Gasteiger partial charge in [0.05, 0.1) is 35.5 Å². The van der Waals surface area contributed by atoms with Crippen molar-refractivity contribution in [1.82, 2.24) is 0 Å². The highest BCUT2D eigenvalue weighted by atomic mass is 16.5. The number of hydrogen-bond donors (Lipinski definition) is 2. The van der Waals surface area contributed by atoms with Crippen LogP contribution in [0.25, 0.3) is 0 Å². The van der Waals surface area contributed by atoms with Gasteiger partial charge in [-0.05, 0) is 38.1 Å². The molecule has 0 heterocycles. The van der Waals surface area contributed by atoms with E-state index in [4.69, 9.17) is 19.7 Å². The minimum Gasteiger partial charge on any atom is -0.478 e. The van der Waals surface area contributed by atoms with E-state index in [2.05, 4.69) is 0 Å². The predicted molar refractivity (Wildman–Crippen MR) is 98.7 cm³/mol. The summed E-state index contributed by atoms with van der Waals surface area (Å²) in [5, 5.41) is 17.5. The van der Waals surface area contributed by atoms with Crippen LogP contribution in [0.4, 0.5) is 0 Å². The van der Waals surface area contributed by atoms with Crippen molar-refractivity contribution in [2.24, 2.45) is 0 Å². The van der Waals surface area contributed by atoms with Crippen LogP contribution < -0.4 is 0 Å². The molecule has 28 heavy (non-hydrogen) atoms. The van der Waals surface area contributed by atoms with Gasteiger partial charge in [0.1, 0.15) is 0 Å². The lowest BCUT2D eigenvalue weighted by molar-refractivity contribution is 0.0509. The van der Waals surface area contributed by atoms with Crippen LogP contribution in [0, 0.1) is 0 Å². The number of esters is 2. The van der Waals surface area contributed by atoms with Crippen molar-refractivity contribution >= 4 is 23.9 Å². The molecule has 0 atom stereocenters. The van der Waals surface area contributed by atoms with Gasteiger partial charge in [0.15, 0.2) is 0 Å². The van der Waals surface area contributed by atoms with Crippen molar-refractivity contribution < 1.29 is 38.9 Å². The lowest BCUT2D eigenvalue weighted by Crippen LogP contribution is -2.11. The summed E-state index contributed by atoms with van der Waals surface area (Å²) in [5.74, 6) is -3.47. The Morgan fingerprint density at radius 2 is 0.929 bits per heavy atom. The summed E-state index contributed by atoms with van der Waals surface area (Å²) in [5.41, 5.74) is 0.0978. The van der Waals surface area contributed by atoms with Crippen LogP contribution in [-0.4, -0.2) is 47.3 Å². The molecule has 0 spiro atoms. The fraction of sp³-hybridized carbons (Fsp3) is 0.200. The molecule has 8 heteroatoms. The third-order valence-corrected chi connectivity index (χ3v) is 3.31. The Balaban J connectivity index is 0.000000280. The second kappa shape index (κ2) is 11.1. The number of carboxylic acids is 2. The zero-order valence-corrected chi connectivity index (χ0v) is 15.4. The smallest absolute Gasteiger partial charge is 0.338 e. The first-order chi connectivity index (χ1) is 13.3. The molecule has 2 N–H and O–H groups in total. The highest BCUT2D eigenvalue weighted by Gasteiger charge is 2.16. The maximum atomic E-state index is 11.3. The number of aromatic carboxylic acids is 2. The Labute approximate surface area is 161 Å². The third-order valence-electron chi connectivity index (χ3n) is 3.31. The molecule has 0 bridgehead atoms. The standard InChI is InChI=1S/2C10H10O4/c2*1-2-14-10(13)8-6-4-3-5-7(8)9(11)12/h2*3-6H,2H2,1H3,(H,11,12). The summed E-state index contributed by atoms with van der Waals surface area (Å²) in [4.78, 5) is 44.0. The maximum absolute atomic E-state index is 11.3. The monoisotopic (exact) mass is 388 g/mol. The van der Waals surface area contributed by atoms with Gasteiger partial charge in [0, 0.05) is 0 Å². The Morgan fingerprint density at radius 3 is 1.18 bits per heavy atom. The molecule has 8 nitrogen and oxygen atoms in total. The van der Waals surface area contributed by atoms with Gasteiger partial charge in [0.25, 0.3) is 0 Å². The van der Waals surface area contributed by atoms with E-state index in [1.165, 1.54) is 24.3 Å². The zero-order valence-electron chi connectivity index (χ0n) is 15.4. The quantitative estimate of drug-likeness (QED) is 0.723. The zero-order chi connectivity index (χ0) is 21.1. The van der Waals surface area contributed by atoms with Crippen LogP contribution >= 0.6 is 0 Å². The van der Waals surface area contributed by atoms with Gasteiger partial charge in [0.2, 0.25) is 0 Å². The predicted octanol–water partition coefficient (Wildman–Crippen LogP) is 3.12. The van der Waals surface area contributed by atoms with Gasteiger partial charge in [-0.15, -0.1) is 0 Å². The molecule has 2 aromatic carbocycles. The Kier molecular flexibility index (Phi) is 8.88. The number of carboxylic acid groups (broad SMARTS) is 2. The van der Waals surface area contributed by atoms with Crippen molar-refractivity contribution in [3.05, 3.63) is 70.8 Å². The molecule has 0 aromatic heterocycles. The summed E-state index contributed by atoms with van der Waals surface area (Å²) in [6, 6.07) is 11.9. The molecular weight excluding hydrogens is 368 g/mol. The topological polar surface area (TPSA) is 127 Å². The fourth-order valence-electron chi connectivity index (χ4n) is 2.11. The molecular formula is C20H20O8. The first-order valence-electron chi connectivity index (χ1n) is 8.32. The van der Waals surface area contributed by atoms with Gasteiger partial charge in [-0.2, -0.15) is 0 Å². The molecule has 0 aliphatic carbocycles. The minimum absolute atomic E-state index is 0.0362. The highest BCUT2D eigenvalue weighted by molar-refractivity contribution is 6.03. The average molecular weight is 388 g/mol. The van der Waals surface area contributed by atoms with Crippen molar-refractivity contribution in [3.8, 4) is 0 Å². The van der Waals surface area contributed by atoms with Gasteiger partial charge < -0.3 is 19.7 Å². The number of rotatable bonds is 6. The molecule has 0 aliphatic heterocycles. The summed E-state index contributed by atoms with van der Waals surface area (Å²) in [6.07, 6.45) is 0. The van der Waals surface area contributed by atoms with Gasteiger partial charge >= 0.3 is 23.9 Å². The third kappa shape index (κ3) is 6.24. The van der Waals surface area contributed by atoms with Crippen molar-refractivity contribution in [2.45, 2.75) is 13.8 Å². The van der Waals surface area contributed by atoms with E-state index in [9.17, 15) is 19.2 Å². The number of ether oxygens (including phenoxy) is 2. The normalized spacial score (nSPS) is 9.50. The molecule has 2 aromatic rings. The second-order valence-electron chi connectivity index (χ2n) is 5.14. The molecule has 0 fully saturated rings. The van der Waals surface area contributed by atoms with Gasteiger partial charge in [-0.1, -0.05) is 24.3 Å². The molecule has 0 saturated carbocycles. The average Bonchev–Trinajstić information content (AvgIpc) is 2.68. The number of carbonyl (C=O) groups is 4. The van der Waals surface area contributed by atoms with E-state index < -0.39 is 23.9 Å². The van der Waals surface area contributed by atoms with E-state index in [0.29, 0.717) is 0 Å². The van der Waals surface area contributed by atoms with Crippen LogP contribution in [0.1, 0.15) is 55.3 Å². The van der Waals surface area contributed by atoms with E-state index in [1.807, 2.05) is 0 Å². The molecule has 0 radical (unpaired) electrons. The van der Waals surface area contributed by atoms with Crippen LogP contribution in [-0.2, 0) is 9.47 Å². The van der Waals surface area contributed by atoms with Crippen molar-refractivity contribution in [2.75, 3.05) is 13.2 Å². The van der Waals surface area contributed by atoms with Crippen LogP contribution in [0.5, 0.6) is 0 Å². The highest BCUT2D eigenvalue weighted by Crippen LogP contribution is 2.11. The lowest BCUT2D eigenvalue weighted by atomic mass is 10.1. The second-order valence-corrected chi connectivity index (χ2v) is 5.14. The van der Waals surface area contributed by atoms with Gasteiger partial charge in [-0.3, -0.25) is 0 Å². The van der Waals surface area contributed by atoms with Crippen molar-refractivity contribution in [3.63, 3.8) is 0 Å². The first-order valence-corrected chi connectivity index (χ1v) is 8.32. The van der Waals surface area contributed by atoms with Gasteiger partial charge in [-0.25, -0.2) is 19.2 Å². The molecule has 2 rings (SSSR count). The van der Waals surface area contributed by atoms with Crippen molar-refractivity contribution in [1.29, 1.82) is 0 Å². The Bertz CT molecular complexity index is 785. The first kappa shape index (κ1) is 22.4. The lowest BCUT2D eigenvalue weighted by Gasteiger charge is -2.04. The SMILES string of the molecule is CCOC(=O)c1ccccc1C(=O)O.CCOC(=O)c1ccccc1C(=O)O. The largest absolute Gasteiger partial charge is 0.478 e. The molecule has 0 amide bonds. The Morgan fingerprint density at radius 1 is 0.643 bits per heavy atom. The summed E-state index contributed by atoms with van der Waals surface area (Å²) < 4.78 is 9.43. The number of hydrogen-bond acceptors (Lipinski definition) is 6. The summed E-state index contributed by atoms with van der Waals surface area (Å²) in [7, 11) is 0. The molecule has 0 saturated heterocycles.